The van der Waals surface area contributed by atoms with Gasteiger partial charge in [0.15, 0.2) is 6.23 Å². The van der Waals surface area contributed by atoms with Crippen LogP contribution in [0.25, 0.3) is 0 Å². The van der Waals surface area contributed by atoms with Crippen molar-refractivity contribution >= 4 is 7.82 Å². The summed E-state index contributed by atoms with van der Waals surface area (Å²) in [5.74, 6) is -0.358. The SMILES string of the molecule is C[C@@H]1[C@@H](COP(=O)(O)O)O[C@@H](n2ccc(=O)[nH]c2=O)[C@]1(C)N. The summed E-state index contributed by atoms with van der Waals surface area (Å²) in [5.41, 5.74) is 3.97. The fraction of sp³-hybridized carbons (Fsp3) is 0.636. The van der Waals surface area contributed by atoms with Crippen molar-refractivity contribution in [3.05, 3.63) is 33.1 Å². The summed E-state index contributed by atoms with van der Waals surface area (Å²) in [6.45, 7) is 3.01. The molecule has 1 aromatic heterocycles. The minimum Gasteiger partial charge on any atom is -0.350 e. The van der Waals surface area contributed by atoms with Gasteiger partial charge in [0.2, 0.25) is 0 Å². The molecule has 0 saturated carbocycles. The smallest absolute Gasteiger partial charge is 0.350 e. The Hall–Kier alpha value is -1.29. The van der Waals surface area contributed by atoms with E-state index in [1.54, 1.807) is 13.8 Å². The molecule has 1 aromatic rings. The van der Waals surface area contributed by atoms with Crippen LogP contribution in [0.5, 0.6) is 0 Å². The first kappa shape index (κ1) is 17.1. The van der Waals surface area contributed by atoms with Crippen LogP contribution in [-0.4, -0.2) is 37.6 Å². The van der Waals surface area contributed by atoms with Crippen molar-refractivity contribution < 1.29 is 23.6 Å². The lowest BCUT2D eigenvalue weighted by atomic mass is 9.85. The Morgan fingerprint density at radius 1 is 1.55 bits per heavy atom. The average molecular weight is 335 g/mol. The Kier molecular flexibility index (Phi) is 4.44. The zero-order valence-corrected chi connectivity index (χ0v) is 12.9. The summed E-state index contributed by atoms with van der Waals surface area (Å²) in [6.07, 6.45) is -0.362. The van der Waals surface area contributed by atoms with Gasteiger partial charge in [0.1, 0.15) is 0 Å². The third-order valence-electron chi connectivity index (χ3n) is 3.89. The molecule has 0 spiro atoms. The Balaban J connectivity index is 2.28. The zero-order valence-electron chi connectivity index (χ0n) is 12.0. The first-order chi connectivity index (χ1) is 10.0. The highest BCUT2D eigenvalue weighted by atomic mass is 31.2. The summed E-state index contributed by atoms with van der Waals surface area (Å²) >= 11 is 0. The number of aromatic nitrogens is 2. The Morgan fingerprint density at radius 2 is 2.18 bits per heavy atom. The molecule has 10 nitrogen and oxygen atoms in total. The maximum absolute atomic E-state index is 11.9. The zero-order chi connectivity index (χ0) is 16.7. The van der Waals surface area contributed by atoms with Crippen molar-refractivity contribution in [3.8, 4) is 0 Å². The number of phosphoric acid groups is 1. The maximum Gasteiger partial charge on any atom is 0.469 e. The Bertz CT molecular complexity index is 706. The number of nitrogens with one attached hydrogen (secondary N) is 1. The van der Waals surface area contributed by atoms with Gasteiger partial charge in [0, 0.05) is 18.2 Å². The molecular formula is C11H18N3O7P. The largest absolute Gasteiger partial charge is 0.469 e. The summed E-state index contributed by atoms with van der Waals surface area (Å²) in [6, 6.07) is 1.16. The highest BCUT2D eigenvalue weighted by molar-refractivity contribution is 7.46. The molecule has 5 N–H and O–H groups in total. The second kappa shape index (κ2) is 5.73. The van der Waals surface area contributed by atoms with Crippen molar-refractivity contribution in [2.45, 2.75) is 31.7 Å². The van der Waals surface area contributed by atoms with Gasteiger partial charge in [-0.05, 0) is 6.92 Å². The highest BCUT2D eigenvalue weighted by Crippen LogP contribution is 2.43. The monoisotopic (exact) mass is 335 g/mol. The van der Waals surface area contributed by atoms with Crippen LogP contribution >= 0.6 is 7.82 Å². The van der Waals surface area contributed by atoms with Crippen LogP contribution in [0.1, 0.15) is 20.1 Å². The average Bonchev–Trinajstić information content (AvgIpc) is 2.59. The molecular weight excluding hydrogens is 317 g/mol. The third kappa shape index (κ3) is 3.37. The van der Waals surface area contributed by atoms with Gasteiger partial charge >= 0.3 is 13.5 Å². The number of hydrogen-bond acceptors (Lipinski definition) is 6. The summed E-state index contributed by atoms with van der Waals surface area (Å²) in [4.78, 5) is 42.6. The minimum absolute atomic E-state index is 0.358. The van der Waals surface area contributed by atoms with E-state index < -0.39 is 36.9 Å². The number of rotatable bonds is 4. The summed E-state index contributed by atoms with van der Waals surface area (Å²) in [7, 11) is -4.63. The molecule has 2 rings (SSSR count). The Labute approximate surface area is 125 Å². The molecule has 0 aliphatic carbocycles. The van der Waals surface area contributed by atoms with Crippen LogP contribution in [0.15, 0.2) is 21.9 Å². The van der Waals surface area contributed by atoms with Crippen molar-refractivity contribution in [2.75, 3.05) is 6.61 Å². The number of H-pyrrole nitrogens is 1. The lowest BCUT2D eigenvalue weighted by Gasteiger charge is -2.29. The number of aromatic amines is 1. The van der Waals surface area contributed by atoms with Crippen LogP contribution in [-0.2, 0) is 13.8 Å². The molecule has 1 aliphatic heterocycles. The minimum atomic E-state index is -4.63. The number of phosphoric ester groups is 1. The van der Waals surface area contributed by atoms with E-state index in [0.29, 0.717) is 0 Å². The van der Waals surface area contributed by atoms with Gasteiger partial charge in [0.05, 0.1) is 18.2 Å². The van der Waals surface area contributed by atoms with E-state index in [1.165, 1.54) is 6.20 Å². The quantitative estimate of drug-likeness (QED) is 0.505. The van der Waals surface area contributed by atoms with Crippen molar-refractivity contribution in [2.24, 2.45) is 11.7 Å². The van der Waals surface area contributed by atoms with E-state index in [1.807, 2.05) is 0 Å². The van der Waals surface area contributed by atoms with E-state index in [0.717, 1.165) is 10.6 Å². The molecule has 0 aromatic carbocycles. The summed E-state index contributed by atoms with van der Waals surface area (Å²) in [5, 5.41) is 0. The molecule has 0 amide bonds. The van der Waals surface area contributed by atoms with Gasteiger partial charge in [-0.25, -0.2) is 9.36 Å². The van der Waals surface area contributed by atoms with Gasteiger partial charge in [-0.15, -0.1) is 0 Å². The lowest BCUT2D eigenvalue weighted by Crippen LogP contribution is -2.49. The van der Waals surface area contributed by atoms with Crippen LogP contribution in [0.2, 0.25) is 0 Å². The Morgan fingerprint density at radius 3 is 2.73 bits per heavy atom. The lowest BCUT2D eigenvalue weighted by molar-refractivity contribution is -0.0401. The maximum atomic E-state index is 11.9. The van der Waals surface area contributed by atoms with Crippen molar-refractivity contribution in [1.82, 2.24) is 9.55 Å². The van der Waals surface area contributed by atoms with Crippen LogP contribution in [0, 0.1) is 5.92 Å². The fourth-order valence-electron chi connectivity index (χ4n) is 2.39. The predicted molar refractivity (Wildman–Crippen MR) is 75.0 cm³/mol. The van der Waals surface area contributed by atoms with Crippen LogP contribution in [0.4, 0.5) is 0 Å². The molecule has 1 aliphatic rings. The standard InChI is InChI=1S/C11H18N3O7P/c1-6-7(5-20-22(17,18)19)21-9(11(6,2)12)14-4-3-8(15)13-10(14)16/h3-4,6-7,9H,5,12H2,1-2H3,(H,13,15,16)(H2,17,18,19)/t6-,7-,9-,11-/m1/s1. The number of nitrogens with zero attached hydrogens (tertiary/aromatic N) is 1. The second-order valence-corrected chi connectivity index (χ2v) is 6.72. The van der Waals surface area contributed by atoms with Gasteiger partial charge in [-0.1, -0.05) is 6.92 Å². The van der Waals surface area contributed by atoms with E-state index in [4.69, 9.17) is 20.3 Å². The molecule has 2 heterocycles. The van der Waals surface area contributed by atoms with Crippen LogP contribution < -0.4 is 17.0 Å². The molecule has 22 heavy (non-hydrogen) atoms. The normalized spacial score (nSPS) is 32.3. The fourth-order valence-corrected chi connectivity index (χ4v) is 2.73. The first-order valence-corrected chi connectivity index (χ1v) is 8.01. The molecule has 1 fully saturated rings. The van der Waals surface area contributed by atoms with Gasteiger partial charge in [-0.3, -0.25) is 18.9 Å². The van der Waals surface area contributed by atoms with Crippen molar-refractivity contribution in [1.29, 1.82) is 0 Å². The number of hydrogen-bond donors (Lipinski definition) is 4. The van der Waals surface area contributed by atoms with E-state index in [-0.39, 0.29) is 12.5 Å². The predicted octanol–water partition coefficient (Wildman–Crippen LogP) is -1.10. The number of ether oxygens (including phenoxy) is 1. The van der Waals surface area contributed by atoms with Gasteiger partial charge in [-0.2, -0.15) is 0 Å². The van der Waals surface area contributed by atoms with Crippen LogP contribution in [0.3, 0.4) is 0 Å². The van der Waals surface area contributed by atoms with E-state index in [2.05, 4.69) is 9.51 Å². The highest BCUT2D eigenvalue weighted by Gasteiger charge is 2.50. The molecule has 0 radical (unpaired) electrons. The van der Waals surface area contributed by atoms with Gasteiger partial charge < -0.3 is 20.3 Å². The molecule has 0 unspecified atom stereocenters. The van der Waals surface area contributed by atoms with E-state index >= 15 is 0 Å². The molecule has 11 heteroatoms. The van der Waals surface area contributed by atoms with Crippen molar-refractivity contribution in [3.63, 3.8) is 0 Å². The molecule has 4 atom stereocenters. The second-order valence-electron chi connectivity index (χ2n) is 5.49. The summed E-state index contributed by atoms with van der Waals surface area (Å²) < 4.78 is 22.0. The van der Waals surface area contributed by atoms with E-state index in [9.17, 15) is 14.2 Å². The molecule has 0 bridgehead atoms. The third-order valence-corrected chi connectivity index (χ3v) is 4.37. The molecule has 124 valence electrons. The first-order valence-electron chi connectivity index (χ1n) is 6.48. The molecule has 1 saturated heterocycles. The topological polar surface area (TPSA) is 157 Å². The number of nitrogens with two attached hydrogens (primary N) is 1. The van der Waals surface area contributed by atoms with Gasteiger partial charge in [0.25, 0.3) is 5.56 Å².